The van der Waals surface area contributed by atoms with E-state index in [0.717, 1.165) is 42.1 Å². The predicted molar refractivity (Wildman–Crippen MR) is 106 cm³/mol. The zero-order chi connectivity index (χ0) is 18.9. The van der Waals surface area contributed by atoms with E-state index >= 15 is 0 Å². The number of thiophene rings is 1. The van der Waals surface area contributed by atoms with Crippen LogP contribution in [0.5, 0.6) is 5.75 Å². The highest BCUT2D eigenvalue weighted by atomic mass is 32.1. The molecule has 2 amide bonds. The van der Waals surface area contributed by atoms with Gasteiger partial charge in [-0.3, -0.25) is 9.59 Å². The van der Waals surface area contributed by atoms with Gasteiger partial charge in [-0.15, -0.1) is 11.3 Å². The molecule has 3 rings (SSSR count). The molecule has 144 valence electrons. The molecule has 0 radical (unpaired) electrons. The van der Waals surface area contributed by atoms with Crippen molar-refractivity contribution in [2.45, 2.75) is 19.4 Å². The van der Waals surface area contributed by atoms with E-state index in [1.165, 1.54) is 11.3 Å². The maximum atomic E-state index is 12.1. The van der Waals surface area contributed by atoms with Gasteiger partial charge < -0.3 is 20.3 Å². The number of carbonyl (C=O) groups is 2. The van der Waals surface area contributed by atoms with Crippen LogP contribution < -0.4 is 15.4 Å². The lowest BCUT2D eigenvalue weighted by atomic mass is 10.2. The van der Waals surface area contributed by atoms with Crippen molar-refractivity contribution in [2.75, 3.05) is 32.8 Å². The third kappa shape index (κ3) is 5.80. The van der Waals surface area contributed by atoms with Crippen molar-refractivity contribution in [3.63, 3.8) is 0 Å². The maximum Gasteiger partial charge on any atom is 0.261 e. The second kappa shape index (κ2) is 10.1. The number of para-hydroxylation sites is 1. The van der Waals surface area contributed by atoms with E-state index in [2.05, 4.69) is 10.6 Å². The number of hydrogen-bond donors (Lipinski definition) is 2. The van der Waals surface area contributed by atoms with Crippen LogP contribution >= 0.6 is 11.3 Å². The third-order valence-electron chi connectivity index (χ3n) is 4.43. The minimum atomic E-state index is -0.0454. The standard InChI is InChI=1S/C20H25N3O3S/c24-19(23-11-3-4-12-23)15-26-17-7-2-1-6-16(17)14-21-9-10-22-20(25)18-8-5-13-27-18/h1-2,5-8,13,21H,3-4,9-12,14-15H2,(H,22,25). The summed E-state index contributed by atoms with van der Waals surface area (Å²) in [7, 11) is 0. The topological polar surface area (TPSA) is 70.7 Å². The zero-order valence-corrected chi connectivity index (χ0v) is 16.1. The number of benzene rings is 1. The van der Waals surface area contributed by atoms with Crippen molar-refractivity contribution in [1.29, 1.82) is 0 Å². The molecule has 7 heteroatoms. The van der Waals surface area contributed by atoms with Crippen LogP contribution in [0.2, 0.25) is 0 Å². The third-order valence-corrected chi connectivity index (χ3v) is 5.30. The molecular formula is C20H25N3O3S. The van der Waals surface area contributed by atoms with Crippen molar-refractivity contribution < 1.29 is 14.3 Å². The number of rotatable bonds is 9. The van der Waals surface area contributed by atoms with Crippen LogP contribution in [0.1, 0.15) is 28.1 Å². The summed E-state index contributed by atoms with van der Waals surface area (Å²) >= 11 is 1.43. The van der Waals surface area contributed by atoms with E-state index in [0.29, 0.717) is 19.6 Å². The maximum absolute atomic E-state index is 12.1. The van der Waals surface area contributed by atoms with Gasteiger partial charge >= 0.3 is 0 Å². The Hall–Kier alpha value is -2.38. The fourth-order valence-corrected chi connectivity index (χ4v) is 3.61. The van der Waals surface area contributed by atoms with Crippen molar-refractivity contribution in [1.82, 2.24) is 15.5 Å². The van der Waals surface area contributed by atoms with Gasteiger partial charge in [0.05, 0.1) is 4.88 Å². The molecule has 2 heterocycles. The molecule has 1 aliphatic heterocycles. The van der Waals surface area contributed by atoms with Gasteiger partial charge in [-0.25, -0.2) is 0 Å². The molecule has 6 nitrogen and oxygen atoms in total. The van der Waals surface area contributed by atoms with Crippen molar-refractivity contribution in [3.05, 3.63) is 52.2 Å². The number of nitrogens with zero attached hydrogens (tertiary/aromatic N) is 1. The summed E-state index contributed by atoms with van der Waals surface area (Å²) in [5.41, 5.74) is 0.997. The van der Waals surface area contributed by atoms with Gasteiger partial charge in [0.25, 0.3) is 11.8 Å². The van der Waals surface area contributed by atoms with E-state index in [1.807, 2.05) is 46.7 Å². The first-order valence-electron chi connectivity index (χ1n) is 9.25. The van der Waals surface area contributed by atoms with E-state index in [4.69, 9.17) is 4.74 Å². The summed E-state index contributed by atoms with van der Waals surface area (Å²) < 4.78 is 5.76. The second-order valence-corrected chi connectivity index (χ2v) is 7.34. The Kier molecular flexibility index (Phi) is 7.24. The minimum absolute atomic E-state index is 0.0454. The second-order valence-electron chi connectivity index (χ2n) is 6.39. The first-order valence-corrected chi connectivity index (χ1v) is 10.1. The summed E-state index contributed by atoms with van der Waals surface area (Å²) in [4.78, 5) is 26.6. The van der Waals surface area contributed by atoms with Crippen LogP contribution in [0, 0.1) is 0 Å². The number of carbonyl (C=O) groups excluding carboxylic acids is 2. The zero-order valence-electron chi connectivity index (χ0n) is 15.3. The summed E-state index contributed by atoms with van der Waals surface area (Å²) in [6.07, 6.45) is 2.16. The Balaban J connectivity index is 1.39. The molecule has 0 spiro atoms. The van der Waals surface area contributed by atoms with E-state index in [-0.39, 0.29) is 18.4 Å². The highest BCUT2D eigenvalue weighted by Crippen LogP contribution is 2.18. The molecule has 1 aromatic carbocycles. The summed E-state index contributed by atoms with van der Waals surface area (Å²) in [5, 5.41) is 8.07. The highest BCUT2D eigenvalue weighted by Gasteiger charge is 2.18. The van der Waals surface area contributed by atoms with Crippen LogP contribution in [0.3, 0.4) is 0 Å². The average molecular weight is 388 g/mol. The number of ether oxygens (including phenoxy) is 1. The Morgan fingerprint density at radius 3 is 2.67 bits per heavy atom. The van der Waals surface area contributed by atoms with Crippen LogP contribution in [-0.4, -0.2) is 49.5 Å². The van der Waals surface area contributed by atoms with E-state index < -0.39 is 0 Å². The van der Waals surface area contributed by atoms with Gasteiger partial charge in [-0.1, -0.05) is 24.3 Å². The molecule has 27 heavy (non-hydrogen) atoms. The van der Waals surface area contributed by atoms with Crippen molar-refractivity contribution in [2.24, 2.45) is 0 Å². The van der Waals surface area contributed by atoms with Crippen molar-refractivity contribution in [3.8, 4) is 5.75 Å². The lowest BCUT2D eigenvalue weighted by molar-refractivity contribution is -0.132. The predicted octanol–water partition coefficient (Wildman–Crippen LogP) is 2.27. The Bertz CT molecular complexity index is 743. The molecular weight excluding hydrogens is 362 g/mol. The van der Waals surface area contributed by atoms with Gasteiger partial charge in [0.15, 0.2) is 6.61 Å². The molecule has 1 saturated heterocycles. The average Bonchev–Trinajstić information content (AvgIpc) is 3.40. The first kappa shape index (κ1) is 19.4. The molecule has 0 unspecified atom stereocenters. The molecule has 0 bridgehead atoms. The van der Waals surface area contributed by atoms with E-state index in [9.17, 15) is 9.59 Å². The molecule has 2 N–H and O–H groups in total. The van der Waals surface area contributed by atoms with Crippen LogP contribution in [0.4, 0.5) is 0 Å². The molecule has 2 aromatic rings. The largest absolute Gasteiger partial charge is 0.483 e. The van der Waals surface area contributed by atoms with Gasteiger partial charge in [-0.05, 0) is 30.4 Å². The molecule has 1 fully saturated rings. The normalized spacial score (nSPS) is 13.6. The molecule has 1 aromatic heterocycles. The number of likely N-dealkylation sites (tertiary alicyclic amines) is 1. The molecule has 1 aliphatic rings. The lowest BCUT2D eigenvalue weighted by Crippen LogP contribution is -2.32. The number of amides is 2. The summed E-state index contributed by atoms with van der Waals surface area (Å²) in [6, 6.07) is 11.4. The Morgan fingerprint density at radius 2 is 1.89 bits per heavy atom. The Labute approximate surface area is 163 Å². The van der Waals surface area contributed by atoms with Gasteiger partial charge in [0.1, 0.15) is 5.75 Å². The monoisotopic (exact) mass is 387 g/mol. The molecule has 0 atom stereocenters. The lowest BCUT2D eigenvalue weighted by Gasteiger charge is -2.17. The minimum Gasteiger partial charge on any atom is -0.483 e. The van der Waals surface area contributed by atoms with Crippen LogP contribution in [-0.2, 0) is 11.3 Å². The quantitative estimate of drug-likeness (QED) is 0.648. The number of nitrogens with one attached hydrogen (secondary N) is 2. The first-order chi connectivity index (χ1) is 13.2. The summed E-state index contributed by atoms with van der Waals surface area (Å²) in [5.74, 6) is 0.725. The van der Waals surface area contributed by atoms with Gasteiger partial charge in [-0.2, -0.15) is 0 Å². The molecule has 0 saturated carbocycles. The van der Waals surface area contributed by atoms with Crippen LogP contribution in [0.25, 0.3) is 0 Å². The van der Waals surface area contributed by atoms with E-state index in [1.54, 1.807) is 0 Å². The molecule has 0 aliphatic carbocycles. The summed E-state index contributed by atoms with van der Waals surface area (Å²) in [6.45, 7) is 3.56. The Morgan fingerprint density at radius 1 is 1.07 bits per heavy atom. The van der Waals surface area contributed by atoms with Crippen LogP contribution in [0.15, 0.2) is 41.8 Å². The van der Waals surface area contributed by atoms with Crippen molar-refractivity contribution >= 4 is 23.2 Å². The smallest absolute Gasteiger partial charge is 0.261 e. The van der Waals surface area contributed by atoms with Gasteiger partial charge in [0.2, 0.25) is 0 Å². The highest BCUT2D eigenvalue weighted by molar-refractivity contribution is 7.12. The van der Waals surface area contributed by atoms with Gasteiger partial charge in [0, 0.05) is 38.3 Å². The number of hydrogen-bond acceptors (Lipinski definition) is 5. The fourth-order valence-electron chi connectivity index (χ4n) is 2.97. The SMILES string of the molecule is O=C(NCCNCc1ccccc1OCC(=O)N1CCCC1)c1cccs1. The fraction of sp³-hybridized carbons (Fsp3) is 0.400.